The highest BCUT2D eigenvalue weighted by atomic mass is 32.1. The lowest BCUT2D eigenvalue weighted by atomic mass is 10.2. The lowest BCUT2D eigenvalue weighted by Crippen LogP contribution is -2.17. The minimum Gasteiger partial charge on any atom is -0.375 e. The van der Waals surface area contributed by atoms with Gasteiger partial charge in [-0.2, -0.15) is 0 Å². The molecule has 2 aromatic heterocycles. The largest absolute Gasteiger partial charge is 0.375 e. The zero-order chi connectivity index (χ0) is 15.9. The first-order chi connectivity index (χ1) is 10.5. The molecule has 3 aromatic rings. The van der Waals surface area contributed by atoms with Crippen molar-refractivity contribution in [3.8, 4) is 0 Å². The minimum absolute atomic E-state index is 0.0558. The molecule has 0 bridgehead atoms. The molecule has 0 spiro atoms. The van der Waals surface area contributed by atoms with Gasteiger partial charge < -0.3 is 10.3 Å². The predicted molar refractivity (Wildman–Crippen MR) is 92.9 cm³/mol. The first-order valence-corrected chi connectivity index (χ1v) is 8.10. The molecule has 0 saturated carbocycles. The van der Waals surface area contributed by atoms with Crippen LogP contribution in [-0.4, -0.2) is 9.97 Å². The molecule has 2 heterocycles. The van der Waals surface area contributed by atoms with Crippen molar-refractivity contribution in [1.29, 1.82) is 0 Å². The fraction of sp³-hybridized carbons (Fsp3) is 0.294. The van der Waals surface area contributed by atoms with Crippen LogP contribution < -0.4 is 10.9 Å². The van der Waals surface area contributed by atoms with Gasteiger partial charge in [0.1, 0.15) is 10.7 Å². The third-order valence-electron chi connectivity index (χ3n) is 3.87. The molecule has 5 heteroatoms. The molecule has 0 aliphatic carbocycles. The number of thiophene rings is 1. The molecule has 0 aliphatic rings. The van der Waals surface area contributed by atoms with Crippen LogP contribution in [0.15, 0.2) is 29.1 Å². The van der Waals surface area contributed by atoms with Gasteiger partial charge in [-0.1, -0.05) is 12.1 Å². The summed E-state index contributed by atoms with van der Waals surface area (Å²) in [5, 5.41) is 4.10. The van der Waals surface area contributed by atoms with Crippen molar-refractivity contribution in [1.82, 2.24) is 9.97 Å². The number of H-pyrrole nitrogens is 1. The van der Waals surface area contributed by atoms with Gasteiger partial charge in [-0.3, -0.25) is 4.79 Å². The Balaban J connectivity index is 1.97. The molecule has 114 valence electrons. The van der Waals surface area contributed by atoms with Crippen LogP contribution in [-0.2, 0) is 0 Å². The smallest absolute Gasteiger partial charge is 0.259 e. The van der Waals surface area contributed by atoms with Gasteiger partial charge in [-0.05, 0) is 51.0 Å². The summed E-state index contributed by atoms with van der Waals surface area (Å²) in [5.41, 5.74) is 3.19. The fourth-order valence-corrected chi connectivity index (χ4v) is 3.57. The van der Waals surface area contributed by atoms with Crippen LogP contribution in [0.1, 0.15) is 34.8 Å². The van der Waals surface area contributed by atoms with E-state index in [4.69, 9.17) is 0 Å². The molecule has 1 unspecified atom stereocenters. The van der Waals surface area contributed by atoms with Crippen LogP contribution in [0, 0.1) is 20.8 Å². The zero-order valence-electron chi connectivity index (χ0n) is 13.2. The molecule has 0 aliphatic heterocycles. The van der Waals surface area contributed by atoms with E-state index in [1.54, 1.807) is 11.3 Å². The predicted octanol–water partition coefficient (Wildman–Crippen LogP) is 4.08. The summed E-state index contributed by atoms with van der Waals surface area (Å²) in [7, 11) is 0. The van der Waals surface area contributed by atoms with E-state index in [9.17, 15) is 4.79 Å². The molecule has 2 N–H and O–H groups in total. The van der Waals surface area contributed by atoms with Gasteiger partial charge in [0.2, 0.25) is 0 Å². The maximum Gasteiger partial charge on any atom is 0.259 e. The summed E-state index contributed by atoms with van der Waals surface area (Å²) in [5.74, 6) is 0.667. The number of aryl methyl sites for hydroxylation is 3. The summed E-state index contributed by atoms with van der Waals surface area (Å²) < 4.78 is 0. The highest BCUT2D eigenvalue weighted by Crippen LogP contribution is 2.27. The number of rotatable bonds is 3. The summed E-state index contributed by atoms with van der Waals surface area (Å²) in [6, 6.07) is 8.09. The number of benzene rings is 1. The number of aromatic nitrogens is 2. The zero-order valence-corrected chi connectivity index (χ0v) is 14.0. The first-order valence-electron chi connectivity index (χ1n) is 7.29. The topological polar surface area (TPSA) is 57.8 Å². The van der Waals surface area contributed by atoms with E-state index in [1.807, 2.05) is 32.9 Å². The van der Waals surface area contributed by atoms with Gasteiger partial charge in [0.25, 0.3) is 5.56 Å². The normalized spacial score (nSPS) is 12.5. The van der Waals surface area contributed by atoms with Gasteiger partial charge >= 0.3 is 0 Å². The van der Waals surface area contributed by atoms with Crippen LogP contribution in [0.2, 0.25) is 0 Å². The van der Waals surface area contributed by atoms with Crippen LogP contribution in [0.4, 0.5) is 5.69 Å². The molecule has 1 aromatic carbocycles. The Morgan fingerprint density at radius 3 is 2.77 bits per heavy atom. The Morgan fingerprint density at radius 2 is 2.05 bits per heavy atom. The van der Waals surface area contributed by atoms with Crippen molar-refractivity contribution in [3.05, 3.63) is 56.4 Å². The Bertz CT molecular complexity index is 895. The third-order valence-corrected chi connectivity index (χ3v) is 4.97. The molecule has 1 atom stereocenters. The Kier molecular flexibility index (Phi) is 3.74. The second-order valence-corrected chi connectivity index (χ2v) is 6.85. The average molecular weight is 313 g/mol. The Hall–Kier alpha value is -2.14. The molecule has 0 radical (unpaired) electrons. The fourth-order valence-electron chi connectivity index (χ4n) is 2.53. The van der Waals surface area contributed by atoms with Crippen molar-refractivity contribution in [2.75, 3.05) is 5.32 Å². The summed E-state index contributed by atoms with van der Waals surface area (Å²) in [6.07, 6.45) is 0. The molecule has 22 heavy (non-hydrogen) atoms. The van der Waals surface area contributed by atoms with Gasteiger partial charge in [0.05, 0.1) is 11.4 Å². The first kappa shape index (κ1) is 14.8. The number of aromatic amines is 1. The highest BCUT2D eigenvalue weighted by Gasteiger charge is 2.15. The van der Waals surface area contributed by atoms with Crippen molar-refractivity contribution in [2.24, 2.45) is 0 Å². The minimum atomic E-state index is -0.0680. The van der Waals surface area contributed by atoms with Gasteiger partial charge in [0, 0.05) is 10.6 Å². The number of hydrogen-bond acceptors (Lipinski definition) is 4. The van der Waals surface area contributed by atoms with Crippen molar-refractivity contribution < 1.29 is 0 Å². The van der Waals surface area contributed by atoms with Crippen LogP contribution in [0.25, 0.3) is 10.2 Å². The molecule has 0 fully saturated rings. The SMILES string of the molecule is Cc1cccc(NC(C)c2nc3sc(C)c(C)c3c(=O)[nH]2)c1. The standard InChI is InChI=1S/C17H19N3OS/c1-9-6-5-7-13(8-9)18-11(3)15-19-16(21)14-10(2)12(4)22-17(14)20-15/h5-8,11,18H,1-4H3,(H,19,20,21). The van der Waals surface area contributed by atoms with E-state index in [0.717, 1.165) is 21.0 Å². The summed E-state index contributed by atoms with van der Waals surface area (Å²) in [4.78, 5) is 21.8. The molecule has 4 nitrogen and oxygen atoms in total. The van der Waals surface area contributed by atoms with E-state index >= 15 is 0 Å². The Labute approximate surface area is 133 Å². The van der Waals surface area contributed by atoms with Crippen LogP contribution in [0.3, 0.4) is 0 Å². The van der Waals surface area contributed by atoms with E-state index in [0.29, 0.717) is 11.2 Å². The Morgan fingerprint density at radius 1 is 1.27 bits per heavy atom. The lowest BCUT2D eigenvalue weighted by molar-refractivity contribution is 0.792. The number of hydrogen-bond donors (Lipinski definition) is 2. The molecular weight excluding hydrogens is 294 g/mol. The maximum absolute atomic E-state index is 12.3. The highest BCUT2D eigenvalue weighted by molar-refractivity contribution is 7.18. The third kappa shape index (κ3) is 2.64. The van der Waals surface area contributed by atoms with Crippen molar-refractivity contribution in [3.63, 3.8) is 0 Å². The summed E-state index contributed by atoms with van der Waals surface area (Å²) in [6.45, 7) is 8.05. The van der Waals surface area contributed by atoms with E-state index in [2.05, 4.69) is 34.3 Å². The summed E-state index contributed by atoms with van der Waals surface area (Å²) >= 11 is 1.57. The van der Waals surface area contributed by atoms with E-state index in [-0.39, 0.29) is 11.6 Å². The lowest BCUT2D eigenvalue weighted by Gasteiger charge is -2.15. The molecule has 0 amide bonds. The van der Waals surface area contributed by atoms with E-state index < -0.39 is 0 Å². The molecule has 0 saturated heterocycles. The van der Waals surface area contributed by atoms with E-state index in [1.165, 1.54) is 5.56 Å². The second kappa shape index (κ2) is 5.57. The van der Waals surface area contributed by atoms with Crippen molar-refractivity contribution >= 4 is 27.2 Å². The van der Waals surface area contributed by atoms with Crippen LogP contribution in [0.5, 0.6) is 0 Å². The number of nitrogens with zero attached hydrogens (tertiary/aromatic N) is 1. The van der Waals surface area contributed by atoms with Gasteiger partial charge in [-0.25, -0.2) is 4.98 Å². The molecular formula is C17H19N3OS. The van der Waals surface area contributed by atoms with Crippen LogP contribution >= 0.6 is 11.3 Å². The number of nitrogens with one attached hydrogen (secondary N) is 2. The molecule has 3 rings (SSSR count). The second-order valence-electron chi connectivity index (χ2n) is 5.65. The van der Waals surface area contributed by atoms with Gasteiger partial charge in [0.15, 0.2) is 0 Å². The number of anilines is 1. The maximum atomic E-state index is 12.3. The van der Waals surface area contributed by atoms with Crippen molar-refractivity contribution in [2.45, 2.75) is 33.7 Å². The quantitative estimate of drug-likeness (QED) is 0.766. The monoisotopic (exact) mass is 313 g/mol. The average Bonchev–Trinajstić information content (AvgIpc) is 2.74. The van der Waals surface area contributed by atoms with Gasteiger partial charge in [-0.15, -0.1) is 11.3 Å². The number of fused-ring (bicyclic) bond motifs is 1.